The molecule has 102 valence electrons. The van der Waals surface area contributed by atoms with Gasteiger partial charge in [0.25, 0.3) is 0 Å². The fraction of sp³-hybridized carbons (Fsp3) is 0.500. The van der Waals surface area contributed by atoms with Crippen LogP contribution in [0.3, 0.4) is 0 Å². The quantitative estimate of drug-likeness (QED) is 0.682. The Morgan fingerprint density at radius 3 is 2.22 bits per heavy atom. The van der Waals surface area contributed by atoms with Crippen LogP contribution < -0.4 is 5.32 Å². The van der Waals surface area contributed by atoms with Crippen LogP contribution in [0, 0.1) is 17.5 Å². The van der Waals surface area contributed by atoms with Crippen molar-refractivity contribution in [2.45, 2.75) is 25.5 Å². The molecule has 0 aliphatic carbocycles. The largest absolute Gasteiger partial charge is 0.394 e. The van der Waals surface area contributed by atoms with Gasteiger partial charge in [-0.2, -0.15) is 0 Å². The highest BCUT2D eigenvalue weighted by atomic mass is 19.2. The van der Waals surface area contributed by atoms with Gasteiger partial charge in [-0.1, -0.05) is 6.92 Å². The number of hydrogen-bond acceptors (Lipinski definition) is 3. The van der Waals surface area contributed by atoms with E-state index in [1.165, 1.54) is 0 Å². The number of aliphatic hydroxyl groups is 2. The average Bonchev–Trinajstić information content (AvgIpc) is 2.36. The molecule has 0 bridgehead atoms. The number of halogens is 3. The van der Waals surface area contributed by atoms with Crippen molar-refractivity contribution in [3.8, 4) is 0 Å². The summed E-state index contributed by atoms with van der Waals surface area (Å²) in [6.07, 6.45) is -0.105. The molecule has 6 heteroatoms. The molecule has 1 aromatic rings. The summed E-state index contributed by atoms with van der Waals surface area (Å²) in [5.74, 6) is -4.15. The van der Waals surface area contributed by atoms with E-state index in [0.717, 1.165) is 12.1 Å². The van der Waals surface area contributed by atoms with E-state index in [0.29, 0.717) is 6.42 Å². The smallest absolute Gasteiger partial charge is 0.194 e. The van der Waals surface area contributed by atoms with Crippen LogP contribution in [0.25, 0.3) is 0 Å². The van der Waals surface area contributed by atoms with Gasteiger partial charge in [-0.25, -0.2) is 13.2 Å². The minimum atomic E-state index is -1.54. The molecule has 2 atom stereocenters. The highest BCUT2D eigenvalue weighted by Gasteiger charge is 2.17. The van der Waals surface area contributed by atoms with Crippen molar-refractivity contribution in [2.75, 3.05) is 13.2 Å². The highest BCUT2D eigenvalue weighted by Crippen LogP contribution is 2.19. The zero-order valence-corrected chi connectivity index (χ0v) is 9.96. The lowest BCUT2D eigenvalue weighted by molar-refractivity contribution is 0.153. The fourth-order valence-corrected chi connectivity index (χ4v) is 1.49. The molecule has 1 rings (SSSR count). The molecular formula is C12H16F3NO2. The van der Waals surface area contributed by atoms with Gasteiger partial charge < -0.3 is 15.5 Å². The topological polar surface area (TPSA) is 52.5 Å². The van der Waals surface area contributed by atoms with E-state index in [1.807, 2.05) is 0 Å². The lowest BCUT2D eigenvalue weighted by Gasteiger charge is -2.19. The van der Waals surface area contributed by atoms with Crippen molar-refractivity contribution in [2.24, 2.45) is 0 Å². The second kappa shape index (κ2) is 6.72. The van der Waals surface area contributed by atoms with Crippen LogP contribution in [0.4, 0.5) is 13.2 Å². The summed E-state index contributed by atoms with van der Waals surface area (Å²) >= 11 is 0. The predicted octanol–water partition coefficient (Wildman–Crippen LogP) is 1.50. The van der Waals surface area contributed by atoms with Crippen molar-refractivity contribution >= 4 is 0 Å². The number of hydrogen-bond donors (Lipinski definition) is 3. The second-order valence-corrected chi connectivity index (χ2v) is 4.00. The van der Waals surface area contributed by atoms with Gasteiger partial charge in [0.05, 0.1) is 18.8 Å². The van der Waals surface area contributed by atoms with Crippen molar-refractivity contribution in [1.29, 1.82) is 0 Å². The van der Waals surface area contributed by atoms with Gasteiger partial charge in [0.2, 0.25) is 0 Å². The van der Waals surface area contributed by atoms with Gasteiger partial charge in [0.1, 0.15) is 0 Å². The Hall–Kier alpha value is -1.11. The summed E-state index contributed by atoms with van der Waals surface area (Å²) in [5.41, 5.74) is 0.0946. The van der Waals surface area contributed by atoms with Crippen LogP contribution in [0.15, 0.2) is 12.1 Å². The second-order valence-electron chi connectivity index (χ2n) is 4.00. The molecule has 0 unspecified atom stereocenters. The molecule has 0 amide bonds. The first kappa shape index (κ1) is 14.9. The number of benzene rings is 1. The SMILES string of the molecule is CC[C@@H](O)CN[C@@H](CO)c1cc(F)c(F)c(F)c1. The van der Waals surface area contributed by atoms with E-state index in [9.17, 15) is 18.3 Å². The van der Waals surface area contributed by atoms with Crippen LogP contribution in [0.5, 0.6) is 0 Å². The van der Waals surface area contributed by atoms with Crippen molar-refractivity contribution < 1.29 is 23.4 Å². The van der Waals surface area contributed by atoms with Crippen molar-refractivity contribution in [3.05, 3.63) is 35.1 Å². The maximum absolute atomic E-state index is 13.0. The van der Waals surface area contributed by atoms with Crippen LogP contribution in [0.1, 0.15) is 24.9 Å². The van der Waals surface area contributed by atoms with Gasteiger partial charge in [-0.05, 0) is 24.1 Å². The summed E-state index contributed by atoms with van der Waals surface area (Å²) in [6, 6.07) is 0.894. The van der Waals surface area contributed by atoms with Gasteiger partial charge in [-0.15, -0.1) is 0 Å². The van der Waals surface area contributed by atoms with E-state index in [1.54, 1.807) is 6.92 Å². The number of nitrogens with one attached hydrogen (secondary N) is 1. The lowest BCUT2D eigenvalue weighted by atomic mass is 10.1. The third kappa shape index (κ3) is 3.69. The van der Waals surface area contributed by atoms with E-state index >= 15 is 0 Å². The van der Waals surface area contributed by atoms with E-state index in [4.69, 9.17) is 5.11 Å². The van der Waals surface area contributed by atoms with Gasteiger partial charge >= 0.3 is 0 Å². The Labute approximate surface area is 103 Å². The van der Waals surface area contributed by atoms with Crippen LogP contribution in [-0.4, -0.2) is 29.5 Å². The first-order valence-electron chi connectivity index (χ1n) is 5.66. The predicted molar refractivity (Wildman–Crippen MR) is 60.4 cm³/mol. The summed E-state index contributed by atoms with van der Waals surface area (Å²) in [6.45, 7) is 1.53. The van der Waals surface area contributed by atoms with E-state index in [-0.39, 0.29) is 12.1 Å². The molecule has 0 saturated heterocycles. The molecule has 1 aromatic carbocycles. The molecule has 0 heterocycles. The normalized spacial score (nSPS) is 14.6. The molecular weight excluding hydrogens is 247 g/mol. The average molecular weight is 263 g/mol. The van der Waals surface area contributed by atoms with Crippen LogP contribution in [0.2, 0.25) is 0 Å². The van der Waals surface area contributed by atoms with Crippen LogP contribution >= 0.6 is 0 Å². The molecule has 3 nitrogen and oxygen atoms in total. The molecule has 0 aliphatic heterocycles. The lowest BCUT2D eigenvalue weighted by Crippen LogP contribution is -2.32. The molecule has 18 heavy (non-hydrogen) atoms. The van der Waals surface area contributed by atoms with E-state index in [2.05, 4.69) is 5.32 Å². The zero-order chi connectivity index (χ0) is 13.7. The first-order chi connectivity index (χ1) is 8.49. The third-order valence-electron chi connectivity index (χ3n) is 2.66. The number of rotatable bonds is 6. The zero-order valence-electron chi connectivity index (χ0n) is 9.96. The first-order valence-corrected chi connectivity index (χ1v) is 5.66. The third-order valence-corrected chi connectivity index (χ3v) is 2.66. The van der Waals surface area contributed by atoms with Gasteiger partial charge in [0.15, 0.2) is 17.5 Å². The highest BCUT2D eigenvalue weighted by molar-refractivity contribution is 5.22. The van der Waals surface area contributed by atoms with Crippen molar-refractivity contribution in [1.82, 2.24) is 5.32 Å². The summed E-state index contributed by atoms with van der Waals surface area (Å²) < 4.78 is 38.8. The Balaban J connectivity index is 2.82. The summed E-state index contributed by atoms with van der Waals surface area (Å²) in [4.78, 5) is 0. The van der Waals surface area contributed by atoms with Crippen LogP contribution in [-0.2, 0) is 0 Å². The molecule has 0 aliphatic rings. The Morgan fingerprint density at radius 2 is 1.78 bits per heavy atom. The van der Waals surface area contributed by atoms with E-state index < -0.39 is 36.2 Å². The Kier molecular flexibility index (Phi) is 5.58. The molecule has 0 aromatic heterocycles. The Bertz CT molecular complexity index is 378. The monoisotopic (exact) mass is 263 g/mol. The maximum Gasteiger partial charge on any atom is 0.194 e. The molecule has 0 saturated carbocycles. The van der Waals surface area contributed by atoms with Gasteiger partial charge in [-0.3, -0.25) is 0 Å². The molecule has 0 spiro atoms. The molecule has 3 N–H and O–H groups in total. The standard InChI is InChI=1S/C12H16F3NO2/c1-2-8(18)5-16-11(6-17)7-3-9(13)12(15)10(14)4-7/h3-4,8,11,16-18H,2,5-6H2,1H3/t8-,11+/m1/s1. The van der Waals surface area contributed by atoms with Gasteiger partial charge in [0, 0.05) is 6.54 Å². The molecule has 0 fully saturated rings. The van der Waals surface area contributed by atoms with Crippen molar-refractivity contribution in [3.63, 3.8) is 0 Å². The minimum absolute atomic E-state index is 0.0946. The number of aliphatic hydroxyl groups excluding tert-OH is 2. The maximum atomic E-state index is 13.0. The molecule has 0 radical (unpaired) electrons. The summed E-state index contributed by atoms with van der Waals surface area (Å²) in [5, 5.41) is 21.2. The fourth-order valence-electron chi connectivity index (χ4n) is 1.49. The minimum Gasteiger partial charge on any atom is -0.394 e. The Morgan fingerprint density at radius 1 is 1.22 bits per heavy atom. The summed E-state index contributed by atoms with van der Waals surface area (Å²) in [7, 11) is 0.